The van der Waals surface area contributed by atoms with Crippen molar-refractivity contribution in [2.24, 2.45) is 0 Å². The number of anilines is 1. The van der Waals surface area contributed by atoms with Gasteiger partial charge < -0.3 is 10.4 Å². The number of rotatable bonds is 4. The number of carboxylic acid groups (broad SMARTS) is 1. The zero-order chi connectivity index (χ0) is 14.8. The number of carboxylic acids is 1. The van der Waals surface area contributed by atoms with Crippen LogP contribution in [0, 0.1) is 0 Å². The van der Waals surface area contributed by atoms with Gasteiger partial charge in [-0.1, -0.05) is 18.2 Å². The topological polar surface area (TPSA) is 62.2 Å². The largest absolute Gasteiger partial charge is 0.478 e. The number of thiophene rings is 1. The number of carbonyl (C=O) groups is 1. The molecule has 6 heteroatoms. The van der Waals surface area contributed by atoms with Crippen LogP contribution in [0.4, 0.5) is 5.82 Å². The lowest BCUT2D eigenvalue weighted by atomic mass is 10.1. The average molecular weight is 363 g/mol. The number of nitrogens with zero attached hydrogens (tertiary/aromatic N) is 1. The monoisotopic (exact) mass is 362 g/mol. The highest BCUT2D eigenvalue weighted by Gasteiger charge is 2.11. The normalized spacial score (nSPS) is 10.7. The molecule has 0 saturated carbocycles. The van der Waals surface area contributed by atoms with Crippen molar-refractivity contribution in [2.75, 3.05) is 5.32 Å². The van der Waals surface area contributed by atoms with E-state index in [4.69, 9.17) is 0 Å². The number of aromatic carboxylic acids is 1. The molecule has 2 heterocycles. The summed E-state index contributed by atoms with van der Waals surface area (Å²) >= 11 is 5.05. The third-order valence-corrected chi connectivity index (χ3v) is 4.64. The summed E-state index contributed by atoms with van der Waals surface area (Å²) in [7, 11) is 0. The molecule has 0 aliphatic rings. The van der Waals surface area contributed by atoms with E-state index in [9.17, 15) is 9.90 Å². The third-order valence-electron chi connectivity index (χ3n) is 3.02. The zero-order valence-corrected chi connectivity index (χ0v) is 13.2. The quantitative estimate of drug-likeness (QED) is 0.723. The first kappa shape index (κ1) is 14.0. The van der Waals surface area contributed by atoms with Gasteiger partial charge in [0.2, 0.25) is 0 Å². The maximum absolute atomic E-state index is 11.4. The lowest BCUT2D eigenvalue weighted by Gasteiger charge is -2.08. The second-order valence-electron chi connectivity index (χ2n) is 4.44. The van der Waals surface area contributed by atoms with Gasteiger partial charge in [-0.2, -0.15) is 0 Å². The van der Waals surface area contributed by atoms with Crippen LogP contribution in [0.2, 0.25) is 0 Å². The molecule has 0 amide bonds. The second-order valence-corrected chi connectivity index (χ2v) is 6.98. The smallest absolute Gasteiger partial charge is 0.336 e. The molecule has 0 saturated heterocycles. The Hall–Kier alpha value is -1.92. The SMILES string of the molecule is O=C(O)c1cc(NCc2ccc(Br)s2)nc2ccccc12. The molecule has 21 heavy (non-hydrogen) atoms. The Labute approximate surface area is 133 Å². The minimum absolute atomic E-state index is 0.260. The van der Waals surface area contributed by atoms with Gasteiger partial charge in [-0.05, 0) is 40.2 Å². The van der Waals surface area contributed by atoms with Crippen LogP contribution in [0.3, 0.4) is 0 Å². The van der Waals surface area contributed by atoms with Gasteiger partial charge in [0.25, 0.3) is 0 Å². The number of nitrogens with one attached hydrogen (secondary N) is 1. The molecule has 4 nitrogen and oxygen atoms in total. The van der Waals surface area contributed by atoms with Crippen molar-refractivity contribution in [3.05, 3.63) is 56.7 Å². The van der Waals surface area contributed by atoms with Gasteiger partial charge in [-0.15, -0.1) is 11.3 Å². The molecular formula is C15H11BrN2O2S. The van der Waals surface area contributed by atoms with Crippen molar-refractivity contribution in [2.45, 2.75) is 6.54 Å². The third kappa shape index (κ3) is 3.06. The van der Waals surface area contributed by atoms with E-state index in [2.05, 4.69) is 26.2 Å². The number of hydrogen-bond acceptors (Lipinski definition) is 4. The molecule has 3 aromatic rings. The summed E-state index contributed by atoms with van der Waals surface area (Å²) in [5, 5.41) is 13.2. The fraction of sp³-hybridized carbons (Fsp3) is 0.0667. The zero-order valence-electron chi connectivity index (χ0n) is 10.8. The summed E-state index contributed by atoms with van der Waals surface area (Å²) < 4.78 is 1.07. The van der Waals surface area contributed by atoms with Gasteiger partial charge in [-0.25, -0.2) is 9.78 Å². The van der Waals surface area contributed by atoms with E-state index in [0.29, 0.717) is 23.3 Å². The van der Waals surface area contributed by atoms with Crippen molar-refractivity contribution in [1.82, 2.24) is 4.98 Å². The highest BCUT2D eigenvalue weighted by molar-refractivity contribution is 9.11. The van der Waals surface area contributed by atoms with Crippen LogP contribution >= 0.6 is 27.3 Å². The molecule has 0 atom stereocenters. The van der Waals surface area contributed by atoms with Gasteiger partial charge in [0.15, 0.2) is 0 Å². The van der Waals surface area contributed by atoms with Gasteiger partial charge in [0.1, 0.15) is 5.82 Å². The molecule has 0 fully saturated rings. The first-order valence-corrected chi connectivity index (χ1v) is 7.85. The molecular weight excluding hydrogens is 352 g/mol. The van der Waals surface area contributed by atoms with Crippen LogP contribution in [0.1, 0.15) is 15.2 Å². The minimum atomic E-state index is -0.949. The highest BCUT2D eigenvalue weighted by Crippen LogP contribution is 2.24. The minimum Gasteiger partial charge on any atom is -0.478 e. The molecule has 0 aliphatic carbocycles. The summed E-state index contributed by atoms with van der Waals surface area (Å²) in [6, 6.07) is 12.8. The van der Waals surface area contributed by atoms with E-state index in [1.54, 1.807) is 23.5 Å². The number of hydrogen-bond donors (Lipinski definition) is 2. The second kappa shape index (κ2) is 5.83. The van der Waals surface area contributed by atoms with Crippen molar-refractivity contribution >= 4 is 50.0 Å². The molecule has 0 radical (unpaired) electrons. The van der Waals surface area contributed by atoms with Crippen LogP contribution in [0.5, 0.6) is 0 Å². The molecule has 0 aliphatic heterocycles. The lowest BCUT2D eigenvalue weighted by Crippen LogP contribution is -2.04. The van der Waals surface area contributed by atoms with Crippen LogP contribution in [0.25, 0.3) is 10.9 Å². The van der Waals surface area contributed by atoms with Crippen molar-refractivity contribution in [1.29, 1.82) is 0 Å². The Balaban J connectivity index is 1.93. The molecule has 3 rings (SSSR count). The fourth-order valence-electron chi connectivity index (χ4n) is 2.07. The van der Waals surface area contributed by atoms with Crippen molar-refractivity contribution in [3.63, 3.8) is 0 Å². The Morgan fingerprint density at radius 2 is 2.10 bits per heavy atom. The maximum atomic E-state index is 11.4. The molecule has 1 aromatic carbocycles. The molecule has 0 spiro atoms. The number of benzene rings is 1. The molecule has 2 aromatic heterocycles. The van der Waals surface area contributed by atoms with Gasteiger partial charge in [-0.3, -0.25) is 0 Å². The predicted octanol–water partition coefficient (Wildman–Crippen LogP) is 4.37. The number of fused-ring (bicyclic) bond motifs is 1. The highest BCUT2D eigenvalue weighted by atomic mass is 79.9. The summed E-state index contributed by atoms with van der Waals surface area (Å²) in [4.78, 5) is 17.0. The number of aromatic nitrogens is 1. The maximum Gasteiger partial charge on any atom is 0.336 e. The summed E-state index contributed by atoms with van der Waals surface area (Å²) in [5.74, 6) is -0.383. The van der Waals surface area contributed by atoms with E-state index >= 15 is 0 Å². The van der Waals surface area contributed by atoms with Gasteiger partial charge >= 0.3 is 5.97 Å². The average Bonchev–Trinajstić information content (AvgIpc) is 2.89. The first-order chi connectivity index (χ1) is 10.1. The van der Waals surface area contributed by atoms with E-state index in [0.717, 1.165) is 8.66 Å². The van der Waals surface area contributed by atoms with Gasteiger partial charge in [0, 0.05) is 10.3 Å². The van der Waals surface area contributed by atoms with E-state index < -0.39 is 5.97 Å². The van der Waals surface area contributed by atoms with Crippen LogP contribution in [-0.4, -0.2) is 16.1 Å². The summed E-state index contributed by atoms with van der Waals surface area (Å²) in [6.45, 7) is 0.612. The van der Waals surface area contributed by atoms with E-state index in [1.807, 2.05) is 30.3 Å². The van der Waals surface area contributed by atoms with Gasteiger partial charge in [0.05, 0.1) is 21.4 Å². The molecule has 106 valence electrons. The molecule has 2 N–H and O–H groups in total. The standard InChI is InChI=1S/C15H11BrN2O2S/c16-13-6-5-9(21-13)8-17-14-7-11(15(19)20)10-3-1-2-4-12(10)18-14/h1-7H,8H2,(H,17,18)(H,19,20). The Morgan fingerprint density at radius 3 is 2.81 bits per heavy atom. The molecule has 0 unspecified atom stereocenters. The predicted molar refractivity (Wildman–Crippen MR) is 88.0 cm³/mol. The summed E-state index contributed by atoms with van der Waals surface area (Å²) in [6.07, 6.45) is 0. The van der Waals surface area contributed by atoms with Crippen LogP contribution < -0.4 is 5.32 Å². The lowest BCUT2D eigenvalue weighted by molar-refractivity contribution is 0.0699. The van der Waals surface area contributed by atoms with E-state index in [-0.39, 0.29) is 5.56 Å². The first-order valence-electron chi connectivity index (χ1n) is 6.24. The van der Waals surface area contributed by atoms with Crippen molar-refractivity contribution < 1.29 is 9.90 Å². The Morgan fingerprint density at radius 1 is 1.29 bits per heavy atom. The van der Waals surface area contributed by atoms with Crippen LogP contribution in [-0.2, 0) is 6.54 Å². The fourth-order valence-corrected chi connectivity index (χ4v) is 3.49. The Bertz CT molecular complexity index is 816. The van der Waals surface area contributed by atoms with Crippen molar-refractivity contribution in [3.8, 4) is 0 Å². The summed E-state index contributed by atoms with van der Waals surface area (Å²) in [5.41, 5.74) is 0.933. The number of para-hydroxylation sites is 1. The molecule has 0 bridgehead atoms. The Kier molecular flexibility index (Phi) is 3.90. The number of pyridine rings is 1. The number of halogens is 1. The van der Waals surface area contributed by atoms with E-state index in [1.165, 1.54) is 0 Å². The van der Waals surface area contributed by atoms with Crippen LogP contribution in [0.15, 0.2) is 46.3 Å².